The first-order chi connectivity index (χ1) is 10.1. The molecule has 5 nitrogen and oxygen atoms in total. The van der Waals surface area contributed by atoms with Crippen molar-refractivity contribution in [3.8, 4) is 6.07 Å². The molecule has 0 atom stereocenters. The van der Waals surface area contributed by atoms with Crippen LogP contribution < -0.4 is 11.5 Å². The second kappa shape index (κ2) is 6.44. The lowest BCUT2D eigenvalue weighted by atomic mass is 10.1. The SMILES string of the molecule is N#CCN(Cc1ccccc1)C(=O)c1ccc(N)cc1N. The number of nitrogen functional groups attached to an aromatic ring is 2. The predicted octanol–water partition coefficient (Wildman–Crippen LogP) is 2.02. The Kier molecular flexibility index (Phi) is 4.42. The summed E-state index contributed by atoms with van der Waals surface area (Å²) in [5, 5.41) is 8.93. The van der Waals surface area contributed by atoms with Crippen molar-refractivity contribution < 1.29 is 4.79 Å². The number of anilines is 2. The maximum atomic E-state index is 12.5. The van der Waals surface area contributed by atoms with Gasteiger partial charge in [0.25, 0.3) is 5.91 Å². The summed E-state index contributed by atoms with van der Waals surface area (Å²) in [5.41, 5.74) is 13.6. The summed E-state index contributed by atoms with van der Waals surface area (Å²) in [5.74, 6) is -0.280. The molecular formula is C16H16N4O. The third-order valence-corrected chi connectivity index (χ3v) is 3.07. The smallest absolute Gasteiger partial charge is 0.257 e. The second-order valence-electron chi connectivity index (χ2n) is 4.65. The summed E-state index contributed by atoms with van der Waals surface area (Å²) < 4.78 is 0. The standard InChI is InChI=1S/C16H16N4O/c17-8-9-20(11-12-4-2-1-3-5-12)16(21)14-7-6-13(18)10-15(14)19/h1-7,10H,9,11,18-19H2. The fourth-order valence-corrected chi connectivity index (χ4v) is 2.03. The van der Waals surface area contributed by atoms with Gasteiger partial charge in [-0.25, -0.2) is 0 Å². The average Bonchev–Trinajstić information content (AvgIpc) is 2.47. The molecular weight excluding hydrogens is 264 g/mol. The molecule has 0 saturated heterocycles. The number of carbonyl (C=O) groups excluding carboxylic acids is 1. The molecule has 2 aromatic rings. The van der Waals surface area contributed by atoms with Crippen molar-refractivity contribution in [2.75, 3.05) is 18.0 Å². The van der Waals surface area contributed by atoms with Gasteiger partial charge in [0.2, 0.25) is 0 Å². The molecule has 0 aliphatic heterocycles. The number of carbonyl (C=O) groups is 1. The molecule has 0 heterocycles. The largest absolute Gasteiger partial charge is 0.399 e. The van der Waals surface area contributed by atoms with E-state index in [9.17, 15) is 4.79 Å². The number of amides is 1. The Morgan fingerprint density at radius 2 is 1.86 bits per heavy atom. The van der Waals surface area contributed by atoms with Gasteiger partial charge >= 0.3 is 0 Å². The van der Waals surface area contributed by atoms with Crippen LogP contribution in [0, 0.1) is 11.3 Å². The molecule has 0 spiro atoms. The highest BCUT2D eigenvalue weighted by Crippen LogP contribution is 2.18. The van der Waals surface area contributed by atoms with Gasteiger partial charge in [-0.2, -0.15) is 5.26 Å². The monoisotopic (exact) mass is 280 g/mol. The Morgan fingerprint density at radius 3 is 2.48 bits per heavy atom. The number of benzene rings is 2. The third kappa shape index (κ3) is 3.51. The average molecular weight is 280 g/mol. The minimum atomic E-state index is -0.280. The summed E-state index contributed by atoms with van der Waals surface area (Å²) >= 11 is 0. The fraction of sp³-hybridized carbons (Fsp3) is 0.125. The maximum Gasteiger partial charge on any atom is 0.257 e. The van der Waals surface area contributed by atoms with Gasteiger partial charge in [0.1, 0.15) is 6.54 Å². The maximum absolute atomic E-state index is 12.5. The first-order valence-electron chi connectivity index (χ1n) is 6.47. The van der Waals surface area contributed by atoms with E-state index in [4.69, 9.17) is 16.7 Å². The van der Waals surface area contributed by atoms with Gasteiger partial charge in [0.05, 0.1) is 11.6 Å². The fourth-order valence-electron chi connectivity index (χ4n) is 2.03. The summed E-state index contributed by atoms with van der Waals surface area (Å²) in [6.45, 7) is 0.356. The van der Waals surface area contributed by atoms with Crippen LogP contribution in [0.25, 0.3) is 0 Å². The Hall–Kier alpha value is -3.00. The molecule has 0 aliphatic rings. The Morgan fingerprint density at radius 1 is 1.14 bits per heavy atom. The number of hydrogen-bond acceptors (Lipinski definition) is 4. The molecule has 0 fully saturated rings. The van der Waals surface area contributed by atoms with Crippen LogP contribution in [-0.2, 0) is 6.54 Å². The minimum absolute atomic E-state index is 0.00244. The molecule has 0 aliphatic carbocycles. The van der Waals surface area contributed by atoms with E-state index in [-0.39, 0.29) is 12.5 Å². The van der Waals surface area contributed by atoms with E-state index in [1.54, 1.807) is 18.2 Å². The highest BCUT2D eigenvalue weighted by molar-refractivity contribution is 5.99. The molecule has 0 aromatic heterocycles. The van der Waals surface area contributed by atoms with Crippen molar-refractivity contribution in [1.29, 1.82) is 5.26 Å². The Bertz CT molecular complexity index is 676. The van der Waals surface area contributed by atoms with Crippen molar-refractivity contribution in [1.82, 2.24) is 4.90 Å². The minimum Gasteiger partial charge on any atom is -0.399 e. The molecule has 1 amide bonds. The van der Waals surface area contributed by atoms with Crippen molar-refractivity contribution in [3.63, 3.8) is 0 Å². The lowest BCUT2D eigenvalue weighted by molar-refractivity contribution is 0.0766. The van der Waals surface area contributed by atoms with Crippen LogP contribution >= 0.6 is 0 Å². The molecule has 4 N–H and O–H groups in total. The van der Waals surface area contributed by atoms with Crippen molar-refractivity contribution in [2.24, 2.45) is 0 Å². The molecule has 0 unspecified atom stereocenters. The van der Waals surface area contributed by atoms with Crippen molar-refractivity contribution in [3.05, 3.63) is 59.7 Å². The Balaban J connectivity index is 2.25. The number of nitrogens with zero attached hydrogens (tertiary/aromatic N) is 2. The van der Waals surface area contributed by atoms with Crippen LogP contribution in [0.5, 0.6) is 0 Å². The van der Waals surface area contributed by atoms with Crippen LogP contribution in [0.4, 0.5) is 11.4 Å². The van der Waals surface area contributed by atoms with Gasteiger partial charge in [0, 0.05) is 17.9 Å². The quantitative estimate of drug-likeness (QED) is 0.661. The summed E-state index contributed by atoms with van der Waals surface area (Å²) in [6, 6.07) is 16.3. The Labute approximate surface area is 123 Å². The van der Waals surface area contributed by atoms with Crippen LogP contribution in [0.3, 0.4) is 0 Å². The van der Waals surface area contributed by atoms with Gasteiger partial charge in [0.15, 0.2) is 0 Å². The summed E-state index contributed by atoms with van der Waals surface area (Å²) in [4.78, 5) is 14.0. The van der Waals surface area contributed by atoms with E-state index < -0.39 is 0 Å². The first-order valence-corrected chi connectivity index (χ1v) is 6.47. The zero-order chi connectivity index (χ0) is 15.2. The molecule has 21 heavy (non-hydrogen) atoms. The highest BCUT2D eigenvalue weighted by Gasteiger charge is 2.18. The van der Waals surface area contributed by atoms with Crippen LogP contribution in [0.15, 0.2) is 48.5 Å². The highest BCUT2D eigenvalue weighted by atomic mass is 16.2. The normalized spacial score (nSPS) is 9.86. The number of nitrogens with two attached hydrogens (primary N) is 2. The van der Waals surface area contributed by atoms with Gasteiger partial charge in [-0.1, -0.05) is 30.3 Å². The van der Waals surface area contributed by atoms with E-state index in [0.29, 0.717) is 23.5 Å². The number of hydrogen-bond donors (Lipinski definition) is 2. The molecule has 0 bridgehead atoms. The summed E-state index contributed by atoms with van der Waals surface area (Å²) in [6.07, 6.45) is 0. The third-order valence-electron chi connectivity index (χ3n) is 3.07. The topological polar surface area (TPSA) is 96.1 Å². The second-order valence-corrected chi connectivity index (χ2v) is 4.65. The molecule has 0 radical (unpaired) electrons. The van der Waals surface area contributed by atoms with E-state index in [2.05, 4.69) is 0 Å². The zero-order valence-electron chi connectivity index (χ0n) is 11.5. The van der Waals surface area contributed by atoms with Crippen molar-refractivity contribution >= 4 is 17.3 Å². The molecule has 106 valence electrons. The van der Waals surface area contributed by atoms with Gasteiger partial charge in [-0.15, -0.1) is 0 Å². The molecule has 2 aromatic carbocycles. The van der Waals surface area contributed by atoms with Crippen molar-refractivity contribution in [2.45, 2.75) is 6.54 Å². The van der Waals surface area contributed by atoms with E-state index in [1.165, 1.54) is 4.90 Å². The van der Waals surface area contributed by atoms with Crippen LogP contribution in [0.2, 0.25) is 0 Å². The number of nitriles is 1. The van der Waals surface area contributed by atoms with E-state index in [0.717, 1.165) is 5.56 Å². The van der Waals surface area contributed by atoms with E-state index in [1.807, 2.05) is 36.4 Å². The van der Waals surface area contributed by atoms with Gasteiger partial charge < -0.3 is 16.4 Å². The zero-order valence-corrected chi connectivity index (χ0v) is 11.5. The lowest BCUT2D eigenvalue weighted by Gasteiger charge is -2.20. The van der Waals surface area contributed by atoms with Crippen LogP contribution in [0.1, 0.15) is 15.9 Å². The van der Waals surface area contributed by atoms with Crippen LogP contribution in [-0.4, -0.2) is 17.4 Å². The van der Waals surface area contributed by atoms with E-state index >= 15 is 0 Å². The number of rotatable bonds is 4. The lowest BCUT2D eigenvalue weighted by Crippen LogP contribution is -2.31. The molecule has 5 heteroatoms. The summed E-state index contributed by atoms with van der Waals surface area (Å²) in [7, 11) is 0. The van der Waals surface area contributed by atoms with Gasteiger partial charge in [-0.05, 0) is 23.8 Å². The first kappa shape index (κ1) is 14.4. The predicted molar refractivity (Wildman–Crippen MR) is 82.1 cm³/mol. The molecule has 0 saturated carbocycles. The molecule has 2 rings (SSSR count). The van der Waals surface area contributed by atoms with Gasteiger partial charge in [-0.3, -0.25) is 4.79 Å².